The molecule has 2 aromatic carbocycles. The molecule has 0 saturated heterocycles. The van der Waals surface area contributed by atoms with Crippen LogP contribution in [0.25, 0.3) is 22.2 Å². The van der Waals surface area contributed by atoms with Crippen LogP contribution in [0.3, 0.4) is 0 Å². The third-order valence-electron chi connectivity index (χ3n) is 15.1. The van der Waals surface area contributed by atoms with E-state index in [1.54, 1.807) is 11.1 Å². The number of rotatable bonds is 2. The molecular formula is C52H42N2S2. The van der Waals surface area contributed by atoms with E-state index in [0.717, 1.165) is 50.0 Å². The fraction of sp³-hybridized carbons (Fsp3) is 0.308. The molecule has 0 amide bonds. The van der Waals surface area contributed by atoms with E-state index in [9.17, 15) is 0 Å². The quantitative estimate of drug-likeness (QED) is 0.192. The molecule has 13 rings (SSSR count). The molecule has 2 nitrogen and oxygen atoms in total. The molecule has 56 heavy (non-hydrogen) atoms. The minimum Gasteiger partial charge on any atom is -0.269 e. The zero-order chi connectivity index (χ0) is 36.6. The Kier molecular flexibility index (Phi) is 6.90. The van der Waals surface area contributed by atoms with Crippen molar-refractivity contribution >= 4 is 39.8 Å². The van der Waals surface area contributed by atoms with Crippen molar-refractivity contribution in [2.45, 2.75) is 73.0 Å². The number of thiazole rings is 1. The van der Waals surface area contributed by atoms with Crippen molar-refractivity contribution in [1.82, 2.24) is 4.98 Å². The molecule has 272 valence electrons. The molecular weight excluding hydrogens is 717 g/mol. The molecule has 2 spiro atoms. The van der Waals surface area contributed by atoms with Crippen molar-refractivity contribution in [3.8, 4) is 22.4 Å². The minimum absolute atomic E-state index is 0.131. The molecule has 9 unspecified atom stereocenters. The molecule has 3 aromatic rings. The number of benzene rings is 2. The Labute approximate surface area is 338 Å². The molecule has 1 aromatic heterocycles. The molecule has 0 N–H and O–H groups in total. The predicted octanol–water partition coefficient (Wildman–Crippen LogP) is 11.8. The van der Waals surface area contributed by atoms with Gasteiger partial charge in [0.15, 0.2) is 0 Å². The largest absolute Gasteiger partial charge is 0.269 e. The van der Waals surface area contributed by atoms with Gasteiger partial charge < -0.3 is 0 Å². The minimum atomic E-state index is -0.189. The summed E-state index contributed by atoms with van der Waals surface area (Å²) in [6.07, 6.45) is 40.9. The Morgan fingerprint density at radius 2 is 1.73 bits per heavy atom. The van der Waals surface area contributed by atoms with E-state index < -0.39 is 0 Å². The first-order valence-corrected chi connectivity index (χ1v) is 22.6. The number of aryl methyl sites for hydroxylation is 1. The zero-order valence-electron chi connectivity index (χ0n) is 31.3. The zero-order valence-corrected chi connectivity index (χ0v) is 33.0. The van der Waals surface area contributed by atoms with Crippen LogP contribution in [0.5, 0.6) is 0 Å². The van der Waals surface area contributed by atoms with Gasteiger partial charge in [0.05, 0.1) is 22.0 Å². The first kappa shape index (κ1) is 32.4. The third kappa shape index (κ3) is 4.11. The normalized spacial score (nSPS) is 35.4. The summed E-state index contributed by atoms with van der Waals surface area (Å²) in [5.74, 6) is 9.75. The maximum Gasteiger partial charge on any atom is 0.124 e. The SMILES string of the molecule is C1#CC2=C(CC1)C1(c3ccccc3C3C=CC(C4=NC5C=CC=CC5S4)=CC31)C1CC=CCC1C21c2cc(-c3nc4c(s3)CCC=C4)ccc2C2=CC=CCC21. The van der Waals surface area contributed by atoms with Crippen molar-refractivity contribution in [2.24, 2.45) is 28.7 Å². The molecule has 0 fully saturated rings. The second-order valence-electron chi connectivity index (χ2n) is 17.3. The molecule has 0 saturated carbocycles. The maximum atomic E-state index is 5.33. The summed E-state index contributed by atoms with van der Waals surface area (Å²) in [5.41, 5.74) is 14.2. The van der Waals surface area contributed by atoms with Gasteiger partial charge in [-0.15, -0.1) is 11.3 Å². The van der Waals surface area contributed by atoms with Crippen LogP contribution in [-0.2, 0) is 17.3 Å². The topological polar surface area (TPSA) is 25.2 Å². The summed E-state index contributed by atoms with van der Waals surface area (Å²) in [7, 11) is 0. The molecule has 0 radical (unpaired) electrons. The summed E-state index contributed by atoms with van der Waals surface area (Å²) in [6, 6.07) is 17.3. The second-order valence-corrected chi connectivity index (χ2v) is 19.6. The Hall–Kier alpha value is -4.69. The van der Waals surface area contributed by atoms with Gasteiger partial charge >= 0.3 is 0 Å². The molecule has 0 bridgehead atoms. The average molecular weight is 759 g/mol. The van der Waals surface area contributed by atoms with Gasteiger partial charge in [0.25, 0.3) is 0 Å². The van der Waals surface area contributed by atoms with Crippen LogP contribution >= 0.6 is 23.1 Å². The van der Waals surface area contributed by atoms with Crippen molar-refractivity contribution in [3.05, 3.63) is 171 Å². The van der Waals surface area contributed by atoms with Crippen molar-refractivity contribution in [2.75, 3.05) is 0 Å². The van der Waals surface area contributed by atoms with Crippen LogP contribution < -0.4 is 0 Å². The number of hydrogen-bond acceptors (Lipinski definition) is 4. The van der Waals surface area contributed by atoms with Gasteiger partial charge in [-0.3, -0.25) is 4.99 Å². The lowest BCUT2D eigenvalue weighted by molar-refractivity contribution is 0.0747. The molecule has 10 aliphatic rings. The molecule has 9 aliphatic carbocycles. The highest BCUT2D eigenvalue weighted by atomic mass is 32.2. The van der Waals surface area contributed by atoms with E-state index in [1.807, 2.05) is 23.1 Å². The second kappa shape index (κ2) is 11.9. The smallest absolute Gasteiger partial charge is 0.124 e. The van der Waals surface area contributed by atoms with E-state index in [-0.39, 0.29) is 16.9 Å². The molecule has 4 heteroatoms. The fourth-order valence-corrected chi connectivity index (χ4v) is 15.5. The van der Waals surface area contributed by atoms with Gasteiger partial charge in [0.2, 0.25) is 0 Å². The molecule has 2 heterocycles. The average Bonchev–Trinajstić information content (AvgIpc) is 4.03. The standard InChI is InChI=1S/C52H42N2S2/c1-3-15-37-33(13-1)35-27-25-31(49-53-45-21-9-11-23-47(45)55-49)29-43(35)51(37)39-17-5-7-19-41(39)52(42-20-8-6-18-40(42)51)38-16-4-2-14-34(38)36-28-26-32(30-44(36)52)50-54-46-22-10-12-24-48(46)56-50/h1-5,7,9-11,13-15,21-23,25-30,35,38-39,41,43,45,47H,6,12,16-19,24H2. The van der Waals surface area contributed by atoms with Gasteiger partial charge in [-0.2, -0.15) is 0 Å². The van der Waals surface area contributed by atoms with Crippen molar-refractivity contribution in [3.63, 3.8) is 0 Å². The third-order valence-corrected chi connectivity index (χ3v) is 17.6. The van der Waals surface area contributed by atoms with E-state index in [1.165, 1.54) is 54.6 Å². The summed E-state index contributed by atoms with van der Waals surface area (Å²) < 4.78 is 0. The van der Waals surface area contributed by atoms with Crippen LogP contribution in [-0.4, -0.2) is 21.3 Å². The lowest BCUT2D eigenvalue weighted by Gasteiger charge is -2.61. The number of nitrogens with zero attached hydrogens (tertiary/aromatic N) is 2. The highest BCUT2D eigenvalue weighted by Crippen LogP contribution is 2.74. The van der Waals surface area contributed by atoms with Gasteiger partial charge in [0, 0.05) is 56.6 Å². The highest BCUT2D eigenvalue weighted by molar-refractivity contribution is 8.15. The van der Waals surface area contributed by atoms with Gasteiger partial charge in [-0.05, 0) is 95.9 Å². The van der Waals surface area contributed by atoms with Crippen LogP contribution in [0.4, 0.5) is 0 Å². The molecule has 1 aliphatic heterocycles. The van der Waals surface area contributed by atoms with Gasteiger partial charge in [-0.25, -0.2) is 4.98 Å². The Morgan fingerprint density at radius 3 is 2.66 bits per heavy atom. The fourth-order valence-electron chi connectivity index (χ4n) is 13.2. The Balaban J connectivity index is 1.07. The number of aliphatic imine (C=N–C) groups is 1. The first-order chi connectivity index (χ1) is 27.7. The monoisotopic (exact) mass is 758 g/mol. The van der Waals surface area contributed by atoms with Gasteiger partial charge in [0.1, 0.15) is 5.01 Å². The van der Waals surface area contributed by atoms with E-state index in [4.69, 9.17) is 9.98 Å². The van der Waals surface area contributed by atoms with Crippen LogP contribution in [0, 0.1) is 35.5 Å². The summed E-state index contributed by atoms with van der Waals surface area (Å²) in [5, 5.41) is 2.77. The van der Waals surface area contributed by atoms with Crippen LogP contribution in [0.1, 0.15) is 77.3 Å². The number of aromatic nitrogens is 1. The molecule has 9 atom stereocenters. The highest BCUT2D eigenvalue weighted by Gasteiger charge is 2.69. The number of allylic oxidation sites excluding steroid dienone is 14. The number of thioether (sulfide) groups is 1. The van der Waals surface area contributed by atoms with E-state index in [0.29, 0.717) is 34.8 Å². The lowest BCUT2D eigenvalue weighted by atomic mass is 9.41. The van der Waals surface area contributed by atoms with Crippen LogP contribution in [0.2, 0.25) is 0 Å². The van der Waals surface area contributed by atoms with E-state index >= 15 is 0 Å². The summed E-state index contributed by atoms with van der Waals surface area (Å²) in [4.78, 5) is 12.0. The van der Waals surface area contributed by atoms with Crippen molar-refractivity contribution in [1.29, 1.82) is 0 Å². The Morgan fingerprint density at radius 1 is 0.821 bits per heavy atom. The number of hydrogen-bond donors (Lipinski definition) is 0. The van der Waals surface area contributed by atoms with Gasteiger partial charge in [-0.1, -0.05) is 139 Å². The van der Waals surface area contributed by atoms with E-state index in [2.05, 4.69) is 139 Å². The summed E-state index contributed by atoms with van der Waals surface area (Å²) in [6.45, 7) is 0. The maximum absolute atomic E-state index is 5.33. The lowest BCUT2D eigenvalue weighted by Crippen LogP contribution is -2.58. The van der Waals surface area contributed by atoms with Crippen molar-refractivity contribution < 1.29 is 0 Å². The first-order valence-electron chi connectivity index (χ1n) is 20.9. The summed E-state index contributed by atoms with van der Waals surface area (Å²) >= 11 is 3.86. The number of fused-ring (bicyclic) bond motifs is 17. The van der Waals surface area contributed by atoms with Crippen LogP contribution in [0.15, 0.2) is 143 Å². The predicted molar refractivity (Wildman–Crippen MR) is 234 cm³/mol. The Bertz CT molecular complexity index is 2670.